The molecule has 2 atom stereocenters. The van der Waals surface area contributed by atoms with Gasteiger partial charge >= 0.3 is 6.03 Å². The highest BCUT2D eigenvalue weighted by atomic mass is 16.2. The zero-order valence-corrected chi connectivity index (χ0v) is 8.92. The van der Waals surface area contributed by atoms with Gasteiger partial charge in [-0.15, -0.1) is 0 Å². The van der Waals surface area contributed by atoms with Crippen molar-refractivity contribution in [1.82, 2.24) is 10.6 Å². The number of amides is 3. The summed E-state index contributed by atoms with van der Waals surface area (Å²) in [6.07, 6.45) is 7.78. The van der Waals surface area contributed by atoms with E-state index < -0.39 is 0 Å². The van der Waals surface area contributed by atoms with Gasteiger partial charge in [0.15, 0.2) is 0 Å². The molecule has 1 aliphatic heterocycles. The minimum Gasteiger partial charge on any atom is -0.334 e. The minimum atomic E-state index is -0.319. The van der Waals surface area contributed by atoms with E-state index in [1.54, 1.807) is 0 Å². The standard InChI is InChI=1S/C11H18N2O2/c14-10-8-6-4-2-1-3-5-7-9(8)12-11(15)13-10/h8-9H,1-7H2,(H2,12,13,14,15). The maximum Gasteiger partial charge on any atom is 0.321 e. The Kier molecular flexibility index (Phi) is 3.23. The first kappa shape index (κ1) is 10.5. The molecule has 0 aromatic carbocycles. The van der Waals surface area contributed by atoms with Gasteiger partial charge in [0.2, 0.25) is 5.91 Å². The van der Waals surface area contributed by atoms with Crippen LogP contribution in [-0.4, -0.2) is 18.0 Å². The van der Waals surface area contributed by atoms with Crippen molar-refractivity contribution in [3.8, 4) is 0 Å². The van der Waals surface area contributed by atoms with Crippen molar-refractivity contribution in [2.75, 3.05) is 0 Å². The van der Waals surface area contributed by atoms with Crippen molar-refractivity contribution in [3.05, 3.63) is 0 Å². The van der Waals surface area contributed by atoms with Crippen LogP contribution in [0.15, 0.2) is 0 Å². The number of carbonyl (C=O) groups is 2. The van der Waals surface area contributed by atoms with E-state index >= 15 is 0 Å². The summed E-state index contributed by atoms with van der Waals surface area (Å²) < 4.78 is 0. The monoisotopic (exact) mass is 210 g/mol. The van der Waals surface area contributed by atoms with Crippen LogP contribution in [0.1, 0.15) is 44.9 Å². The topological polar surface area (TPSA) is 58.2 Å². The summed E-state index contributed by atoms with van der Waals surface area (Å²) in [4.78, 5) is 22.8. The molecule has 0 aromatic heterocycles. The van der Waals surface area contributed by atoms with E-state index in [1.165, 1.54) is 19.3 Å². The first-order chi connectivity index (χ1) is 7.27. The highest BCUT2D eigenvalue weighted by molar-refractivity contribution is 5.98. The molecule has 84 valence electrons. The number of carbonyl (C=O) groups excluding carboxylic acids is 2. The van der Waals surface area contributed by atoms with Gasteiger partial charge in [-0.1, -0.05) is 32.1 Å². The third-order valence-electron chi connectivity index (χ3n) is 3.41. The molecule has 2 fully saturated rings. The Morgan fingerprint density at radius 1 is 0.933 bits per heavy atom. The molecule has 2 aliphatic rings. The summed E-state index contributed by atoms with van der Waals surface area (Å²) in [7, 11) is 0. The highest BCUT2D eigenvalue weighted by Gasteiger charge is 2.34. The molecule has 2 rings (SSSR count). The van der Waals surface area contributed by atoms with Gasteiger partial charge in [0.05, 0.1) is 5.92 Å². The molecule has 3 amide bonds. The Balaban J connectivity index is 2.05. The summed E-state index contributed by atoms with van der Waals surface area (Å²) in [6.45, 7) is 0. The number of fused-ring (bicyclic) bond motifs is 1. The minimum absolute atomic E-state index is 0.000741. The fourth-order valence-electron chi connectivity index (χ4n) is 2.56. The first-order valence-electron chi connectivity index (χ1n) is 5.89. The van der Waals surface area contributed by atoms with Crippen molar-refractivity contribution < 1.29 is 9.59 Å². The zero-order valence-electron chi connectivity index (χ0n) is 8.92. The molecule has 1 heterocycles. The maximum absolute atomic E-state index is 11.6. The van der Waals surface area contributed by atoms with Crippen LogP contribution in [0.2, 0.25) is 0 Å². The predicted molar refractivity (Wildman–Crippen MR) is 56.3 cm³/mol. The van der Waals surface area contributed by atoms with E-state index in [1.807, 2.05) is 0 Å². The van der Waals surface area contributed by atoms with Crippen molar-refractivity contribution in [2.45, 2.75) is 51.0 Å². The normalized spacial score (nSPS) is 32.8. The van der Waals surface area contributed by atoms with Gasteiger partial charge in [0, 0.05) is 6.04 Å². The summed E-state index contributed by atoms with van der Waals surface area (Å²) in [5, 5.41) is 5.23. The van der Waals surface area contributed by atoms with Crippen LogP contribution >= 0.6 is 0 Å². The average Bonchev–Trinajstić information content (AvgIpc) is 2.29. The predicted octanol–water partition coefficient (Wildman–Crippen LogP) is 1.55. The fraction of sp³-hybridized carbons (Fsp3) is 0.818. The number of hydrogen-bond acceptors (Lipinski definition) is 2. The second-order valence-electron chi connectivity index (χ2n) is 4.52. The molecule has 1 saturated heterocycles. The Labute approximate surface area is 89.8 Å². The van der Waals surface area contributed by atoms with Crippen molar-refractivity contribution in [1.29, 1.82) is 0 Å². The van der Waals surface area contributed by atoms with Gasteiger partial charge in [0.1, 0.15) is 0 Å². The molecule has 1 aliphatic carbocycles. The van der Waals surface area contributed by atoms with Gasteiger partial charge in [-0.3, -0.25) is 10.1 Å². The molecule has 0 spiro atoms. The van der Waals surface area contributed by atoms with Crippen LogP contribution in [0.5, 0.6) is 0 Å². The van der Waals surface area contributed by atoms with Crippen LogP contribution in [0.25, 0.3) is 0 Å². The Bertz CT molecular complexity index is 265. The Hall–Kier alpha value is -1.06. The number of rotatable bonds is 0. The Morgan fingerprint density at radius 3 is 2.40 bits per heavy atom. The zero-order chi connectivity index (χ0) is 10.7. The summed E-state index contributed by atoms with van der Waals surface area (Å²) in [5.41, 5.74) is 0. The van der Waals surface area contributed by atoms with Crippen LogP contribution in [0.4, 0.5) is 4.79 Å². The van der Waals surface area contributed by atoms with Crippen molar-refractivity contribution in [2.24, 2.45) is 5.92 Å². The number of imide groups is 1. The van der Waals surface area contributed by atoms with E-state index in [0.29, 0.717) is 0 Å². The van der Waals surface area contributed by atoms with Crippen LogP contribution in [0, 0.1) is 5.92 Å². The van der Waals surface area contributed by atoms with Crippen molar-refractivity contribution >= 4 is 11.9 Å². The molecule has 2 N–H and O–H groups in total. The summed E-state index contributed by atoms with van der Waals surface area (Å²) in [5.74, 6) is -0.0774. The summed E-state index contributed by atoms with van der Waals surface area (Å²) in [6, 6.07) is -0.246. The van der Waals surface area contributed by atoms with Crippen LogP contribution < -0.4 is 10.6 Å². The lowest BCUT2D eigenvalue weighted by molar-refractivity contribution is -0.126. The third-order valence-corrected chi connectivity index (χ3v) is 3.41. The van der Waals surface area contributed by atoms with E-state index in [4.69, 9.17) is 0 Å². The molecule has 2 unspecified atom stereocenters. The molecular weight excluding hydrogens is 192 g/mol. The van der Waals surface area contributed by atoms with E-state index in [-0.39, 0.29) is 23.9 Å². The maximum atomic E-state index is 11.6. The Morgan fingerprint density at radius 2 is 1.60 bits per heavy atom. The van der Waals surface area contributed by atoms with Crippen LogP contribution in [-0.2, 0) is 4.79 Å². The quantitative estimate of drug-likeness (QED) is 0.637. The molecule has 15 heavy (non-hydrogen) atoms. The second kappa shape index (κ2) is 4.64. The lowest BCUT2D eigenvalue weighted by Gasteiger charge is -2.31. The van der Waals surface area contributed by atoms with E-state index in [2.05, 4.69) is 10.6 Å². The molecule has 0 bridgehead atoms. The van der Waals surface area contributed by atoms with Gasteiger partial charge in [0.25, 0.3) is 0 Å². The SMILES string of the molecule is O=C1NC(=O)C2CCCCCCCC2N1. The van der Waals surface area contributed by atoms with E-state index in [0.717, 1.165) is 25.7 Å². The molecule has 0 aromatic rings. The lowest BCUT2D eigenvalue weighted by Crippen LogP contribution is -2.58. The van der Waals surface area contributed by atoms with Gasteiger partial charge < -0.3 is 5.32 Å². The van der Waals surface area contributed by atoms with Crippen molar-refractivity contribution in [3.63, 3.8) is 0 Å². The highest BCUT2D eigenvalue weighted by Crippen LogP contribution is 2.24. The molecule has 0 radical (unpaired) electrons. The average molecular weight is 210 g/mol. The lowest BCUT2D eigenvalue weighted by atomic mass is 9.89. The third kappa shape index (κ3) is 2.49. The van der Waals surface area contributed by atoms with Crippen LogP contribution in [0.3, 0.4) is 0 Å². The van der Waals surface area contributed by atoms with Gasteiger partial charge in [-0.05, 0) is 12.8 Å². The largest absolute Gasteiger partial charge is 0.334 e. The first-order valence-corrected chi connectivity index (χ1v) is 5.89. The molecule has 4 nitrogen and oxygen atoms in total. The van der Waals surface area contributed by atoms with Gasteiger partial charge in [-0.25, -0.2) is 4.79 Å². The second-order valence-corrected chi connectivity index (χ2v) is 4.52. The number of urea groups is 1. The fourth-order valence-corrected chi connectivity index (χ4v) is 2.56. The smallest absolute Gasteiger partial charge is 0.321 e. The summed E-state index contributed by atoms with van der Waals surface area (Å²) >= 11 is 0. The number of nitrogens with one attached hydrogen (secondary N) is 2. The molecule has 1 saturated carbocycles. The molecule has 4 heteroatoms. The number of hydrogen-bond donors (Lipinski definition) is 2. The molecular formula is C11H18N2O2. The van der Waals surface area contributed by atoms with Gasteiger partial charge in [-0.2, -0.15) is 0 Å². The van der Waals surface area contributed by atoms with E-state index in [9.17, 15) is 9.59 Å².